The molecule has 3 aromatic rings. The van der Waals surface area contributed by atoms with Crippen LogP contribution in [0, 0.1) is 10.5 Å². The maximum absolute atomic E-state index is 6.19. The normalized spacial score (nSPS) is 10.9. The van der Waals surface area contributed by atoms with Crippen molar-refractivity contribution < 1.29 is 4.42 Å². The average molecular weight is 398 g/mol. The summed E-state index contributed by atoms with van der Waals surface area (Å²) in [5, 5.41) is 4.95. The van der Waals surface area contributed by atoms with E-state index in [9.17, 15) is 0 Å². The molecule has 0 aliphatic heterocycles. The van der Waals surface area contributed by atoms with E-state index in [4.69, 9.17) is 16.0 Å². The summed E-state index contributed by atoms with van der Waals surface area (Å²) in [6, 6.07) is 14.2. The molecule has 0 radical (unpaired) electrons. The molecule has 20 heavy (non-hydrogen) atoms. The topological polar surface area (TPSA) is 25.2 Å². The zero-order valence-corrected chi connectivity index (χ0v) is 13.8. The first-order valence-electron chi connectivity index (χ1n) is 6.31. The van der Waals surface area contributed by atoms with Crippen LogP contribution in [0.5, 0.6) is 0 Å². The van der Waals surface area contributed by atoms with Gasteiger partial charge < -0.3 is 9.73 Å². The first-order chi connectivity index (χ1) is 9.65. The Kier molecular flexibility index (Phi) is 3.89. The van der Waals surface area contributed by atoms with Gasteiger partial charge in [-0.3, -0.25) is 0 Å². The molecular formula is C16H13ClINO. The number of anilines is 1. The van der Waals surface area contributed by atoms with Gasteiger partial charge >= 0.3 is 0 Å². The van der Waals surface area contributed by atoms with Gasteiger partial charge in [0.2, 0.25) is 0 Å². The van der Waals surface area contributed by atoms with E-state index in [2.05, 4.69) is 53.0 Å². The minimum absolute atomic E-state index is 0.460. The zero-order valence-electron chi connectivity index (χ0n) is 10.9. The number of halogens is 2. The molecule has 1 N–H and O–H groups in total. The van der Waals surface area contributed by atoms with E-state index in [0.717, 1.165) is 22.2 Å². The van der Waals surface area contributed by atoms with Crippen molar-refractivity contribution in [3.63, 3.8) is 0 Å². The lowest BCUT2D eigenvalue weighted by molar-refractivity contribution is 0.613. The Hall–Kier alpha value is -1.20. The van der Waals surface area contributed by atoms with Crippen molar-refractivity contribution in [2.45, 2.75) is 13.5 Å². The van der Waals surface area contributed by atoms with Gasteiger partial charge in [-0.15, -0.1) is 0 Å². The van der Waals surface area contributed by atoms with Gasteiger partial charge in [-0.2, -0.15) is 0 Å². The van der Waals surface area contributed by atoms with Crippen molar-refractivity contribution in [3.8, 4) is 0 Å². The summed E-state index contributed by atoms with van der Waals surface area (Å²) in [7, 11) is 0. The fraction of sp³-hybridized carbons (Fsp3) is 0.125. The van der Waals surface area contributed by atoms with Gasteiger partial charge in [-0.25, -0.2) is 0 Å². The van der Waals surface area contributed by atoms with Crippen molar-refractivity contribution >= 4 is 50.8 Å². The highest BCUT2D eigenvalue weighted by atomic mass is 127. The van der Waals surface area contributed by atoms with Gasteiger partial charge in [0.15, 0.2) is 5.22 Å². The van der Waals surface area contributed by atoms with Gasteiger partial charge in [0, 0.05) is 26.8 Å². The van der Waals surface area contributed by atoms with Crippen molar-refractivity contribution in [2.24, 2.45) is 0 Å². The van der Waals surface area contributed by atoms with Crippen LogP contribution in [0.1, 0.15) is 11.1 Å². The standard InChI is InChI=1S/C16H13ClINO/c1-10-8-11(18)6-7-14(10)19-9-13-12-4-2-3-5-15(12)20-16(13)17/h2-8,19H,9H2,1H3. The first kappa shape index (κ1) is 13.8. The molecule has 2 aromatic carbocycles. The van der Waals surface area contributed by atoms with Crippen LogP contribution < -0.4 is 5.32 Å². The molecule has 0 saturated heterocycles. The maximum atomic E-state index is 6.19. The van der Waals surface area contributed by atoms with Gasteiger partial charge in [0.05, 0.1) is 0 Å². The Morgan fingerprint density at radius 1 is 1.20 bits per heavy atom. The lowest BCUT2D eigenvalue weighted by Gasteiger charge is -2.09. The van der Waals surface area contributed by atoms with Crippen LogP contribution in [0.3, 0.4) is 0 Å². The molecule has 0 atom stereocenters. The number of furan rings is 1. The summed E-state index contributed by atoms with van der Waals surface area (Å²) < 4.78 is 6.79. The molecule has 0 bridgehead atoms. The number of rotatable bonds is 3. The predicted octanol–water partition coefficient (Wildman–Crippen LogP) is 5.61. The fourth-order valence-electron chi connectivity index (χ4n) is 2.24. The SMILES string of the molecule is Cc1cc(I)ccc1NCc1c(Cl)oc2ccccc12. The van der Waals surface area contributed by atoms with E-state index < -0.39 is 0 Å². The number of hydrogen-bond acceptors (Lipinski definition) is 2. The summed E-state index contributed by atoms with van der Waals surface area (Å²) in [6.45, 7) is 2.75. The van der Waals surface area contributed by atoms with E-state index in [-0.39, 0.29) is 0 Å². The third-order valence-electron chi connectivity index (χ3n) is 3.29. The summed E-state index contributed by atoms with van der Waals surface area (Å²) in [5.74, 6) is 0. The Balaban J connectivity index is 1.88. The highest BCUT2D eigenvalue weighted by Crippen LogP contribution is 2.30. The maximum Gasteiger partial charge on any atom is 0.199 e. The molecular weight excluding hydrogens is 385 g/mol. The Bertz CT molecular complexity index is 766. The summed E-state index contributed by atoms with van der Waals surface area (Å²) in [5.41, 5.74) is 4.17. The van der Waals surface area contributed by atoms with Crippen LogP contribution in [0.4, 0.5) is 5.69 Å². The smallest absolute Gasteiger partial charge is 0.199 e. The van der Waals surface area contributed by atoms with Crippen LogP contribution in [-0.4, -0.2) is 0 Å². The number of aryl methyl sites for hydroxylation is 1. The Morgan fingerprint density at radius 3 is 2.80 bits per heavy atom. The van der Waals surface area contributed by atoms with Crippen molar-refractivity contribution in [1.82, 2.24) is 0 Å². The Morgan fingerprint density at radius 2 is 2.00 bits per heavy atom. The number of para-hydroxylation sites is 1. The van der Waals surface area contributed by atoms with E-state index >= 15 is 0 Å². The molecule has 0 aliphatic rings. The lowest BCUT2D eigenvalue weighted by Crippen LogP contribution is -2.01. The minimum atomic E-state index is 0.460. The average Bonchev–Trinajstić information content (AvgIpc) is 2.74. The van der Waals surface area contributed by atoms with Crippen LogP contribution in [-0.2, 0) is 6.54 Å². The molecule has 0 fully saturated rings. The summed E-state index contributed by atoms with van der Waals surface area (Å²) >= 11 is 8.50. The molecule has 0 amide bonds. The predicted molar refractivity (Wildman–Crippen MR) is 92.4 cm³/mol. The molecule has 3 rings (SSSR count). The third-order valence-corrected chi connectivity index (χ3v) is 4.27. The van der Waals surface area contributed by atoms with Gasteiger partial charge in [-0.05, 0) is 70.9 Å². The zero-order chi connectivity index (χ0) is 14.1. The number of fused-ring (bicyclic) bond motifs is 1. The number of nitrogens with one attached hydrogen (secondary N) is 1. The lowest BCUT2D eigenvalue weighted by atomic mass is 10.1. The molecule has 1 heterocycles. The molecule has 0 unspecified atom stereocenters. The van der Waals surface area contributed by atoms with E-state index in [0.29, 0.717) is 11.8 Å². The highest BCUT2D eigenvalue weighted by Gasteiger charge is 2.11. The summed E-state index contributed by atoms with van der Waals surface area (Å²) in [6.07, 6.45) is 0. The monoisotopic (exact) mass is 397 g/mol. The molecule has 102 valence electrons. The van der Waals surface area contributed by atoms with Crippen molar-refractivity contribution in [1.29, 1.82) is 0 Å². The van der Waals surface area contributed by atoms with E-state index in [1.165, 1.54) is 9.13 Å². The van der Waals surface area contributed by atoms with Crippen LogP contribution in [0.15, 0.2) is 46.9 Å². The van der Waals surface area contributed by atoms with Crippen molar-refractivity contribution in [2.75, 3.05) is 5.32 Å². The number of hydrogen-bond donors (Lipinski definition) is 1. The van der Waals surface area contributed by atoms with Crippen molar-refractivity contribution in [3.05, 3.63) is 62.4 Å². The van der Waals surface area contributed by atoms with E-state index in [1.54, 1.807) is 0 Å². The first-order valence-corrected chi connectivity index (χ1v) is 7.77. The third kappa shape index (κ3) is 2.65. The van der Waals surface area contributed by atoms with Crippen LogP contribution in [0.2, 0.25) is 5.22 Å². The molecule has 0 spiro atoms. The second-order valence-corrected chi connectivity index (χ2v) is 6.25. The second kappa shape index (κ2) is 5.66. The molecule has 0 saturated carbocycles. The van der Waals surface area contributed by atoms with E-state index in [1.807, 2.05) is 24.3 Å². The Labute approximate surface area is 136 Å². The minimum Gasteiger partial charge on any atom is -0.444 e. The summed E-state index contributed by atoms with van der Waals surface area (Å²) in [4.78, 5) is 0. The quantitative estimate of drug-likeness (QED) is 0.581. The second-order valence-electron chi connectivity index (χ2n) is 4.66. The number of benzene rings is 2. The largest absolute Gasteiger partial charge is 0.444 e. The van der Waals surface area contributed by atoms with Crippen LogP contribution >= 0.6 is 34.2 Å². The highest BCUT2D eigenvalue weighted by molar-refractivity contribution is 14.1. The molecule has 0 aliphatic carbocycles. The fourth-order valence-corrected chi connectivity index (χ4v) is 3.14. The molecule has 2 nitrogen and oxygen atoms in total. The molecule has 1 aromatic heterocycles. The molecule has 4 heteroatoms. The van der Waals surface area contributed by atoms with Gasteiger partial charge in [-0.1, -0.05) is 18.2 Å². The van der Waals surface area contributed by atoms with Gasteiger partial charge in [0.1, 0.15) is 5.58 Å². The van der Waals surface area contributed by atoms with Crippen LogP contribution in [0.25, 0.3) is 11.0 Å². The van der Waals surface area contributed by atoms with Gasteiger partial charge in [0.25, 0.3) is 0 Å².